The van der Waals surface area contributed by atoms with Gasteiger partial charge in [-0.15, -0.1) is 0 Å². The largest absolute Gasteiger partial charge is 0.743 e. The Balaban J connectivity index is 2.10. The summed E-state index contributed by atoms with van der Waals surface area (Å²) < 4.78 is 93.5. The van der Waals surface area contributed by atoms with E-state index >= 15 is 0 Å². The third-order valence-electron chi connectivity index (χ3n) is 5.80. The zero-order valence-electron chi connectivity index (χ0n) is 14.1. The predicted molar refractivity (Wildman–Crippen MR) is 75.1 cm³/mol. The Morgan fingerprint density at radius 1 is 1.23 bits per heavy atom. The maximum atomic E-state index is 13.4. The minimum absolute atomic E-state index is 0.0720. The fraction of sp³-hybridized carbons (Fsp3) is 0.857. The van der Waals surface area contributed by atoms with Gasteiger partial charge in [0.1, 0.15) is 0 Å². The highest BCUT2D eigenvalue weighted by Crippen LogP contribution is 2.65. The molecule has 2 bridgehead atoms. The molecule has 0 radical (unpaired) electrons. The van der Waals surface area contributed by atoms with E-state index in [1.54, 1.807) is 20.8 Å². The Bertz CT molecular complexity index is 748. The van der Waals surface area contributed by atoms with Gasteiger partial charge >= 0.3 is 23.1 Å². The molecule has 1 saturated heterocycles. The van der Waals surface area contributed by atoms with Gasteiger partial charge in [-0.25, -0.2) is 13.2 Å². The fourth-order valence-electron chi connectivity index (χ4n) is 3.42. The molecule has 0 aromatic heterocycles. The normalized spacial score (nSPS) is 31.0. The Hall–Kier alpha value is -1.43. The van der Waals surface area contributed by atoms with Crippen LogP contribution in [0.1, 0.15) is 40.0 Å². The summed E-state index contributed by atoms with van der Waals surface area (Å²) in [4.78, 5) is 24.4. The van der Waals surface area contributed by atoms with Gasteiger partial charge in [0.05, 0.1) is 18.4 Å². The average molecular weight is 405 g/mol. The first kappa shape index (κ1) is 20.9. The van der Waals surface area contributed by atoms with Crippen molar-refractivity contribution in [2.24, 2.45) is 10.8 Å². The summed E-state index contributed by atoms with van der Waals surface area (Å²) in [5.74, 6) is -7.07. The van der Waals surface area contributed by atoms with E-state index < -0.39 is 62.7 Å². The maximum absolute atomic E-state index is 13.4. The number of fused-ring (bicyclic) bond motifs is 2. The van der Waals surface area contributed by atoms with Crippen LogP contribution >= 0.6 is 0 Å². The van der Waals surface area contributed by atoms with E-state index in [1.807, 2.05) is 0 Å². The molecule has 2 unspecified atom stereocenters. The third-order valence-corrected chi connectivity index (χ3v) is 6.73. The molecule has 0 N–H and O–H groups in total. The second kappa shape index (κ2) is 5.54. The van der Waals surface area contributed by atoms with Crippen molar-refractivity contribution in [3.05, 3.63) is 0 Å². The summed E-state index contributed by atoms with van der Waals surface area (Å²) in [5, 5.41) is -5.85. The van der Waals surface area contributed by atoms with Crippen LogP contribution in [0.2, 0.25) is 0 Å². The van der Waals surface area contributed by atoms with E-state index in [-0.39, 0.29) is 12.8 Å². The van der Waals surface area contributed by atoms with Crippen LogP contribution in [0.5, 0.6) is 0 Å². The molecule has 1 aliphatic heterocycles. The lowest BCUT2D eigenvalue weighted by Crippen LogP contribution is -2.50. The van der Waals surface area contributed by atoms with E-state index in [4.69, 9.17) is 4.74 Å². The first-order chi connectivity index (χ1) is 11.5. The van der Waals surface area contributed by atoms with Crippen LogP contribution in [0.4, 0.5) is 17.6 Å². The number of alkyl halides is 4. The van der Waals surface area contributed by atoms with Gasteiger partial charge in [0.2, 0.25) is 5.60 Å². The molecule has 0 aromatic carbocycles. The Morgan fingerprint density at radius 3 is 2.15 bits per heavy atom. The molecule has 150 valence electrons. The molecule has 7 nitrogen and oxygen atoms in total. The summed E-state index contributed by atoms with van der Waals surface area (Å²) in [6.07, 6.45) is -1.53. The Kier molecular flexibility index (Phi) is 4.45. The van der Waals surface area contributed by atoms with Crippen molar-refractivity contribution in [1.82, 2.24) is 0 Å². The van der Waals surface area contributed by atoms with Gasteiger partial charge in [0.15, 0.2) is 10.1 Å². The van der Waals surface area contributed by atoms with E-state index in [1.165, 1.54) is 0 Å². The van der Waals surface area contributed by atoms with Gasteiger partial charge in [-0.2, -0.15) is 17.6 Å². The van der Waals surface area contributed by atoms with E-state index in [2.05, 4.69) is 4.74 Å². The van der Waals surface area contributed by atoms with Gasteiger partial charge in [-0.1, -0.05) is 13.8 Å². The molecule has 2 rings (SSSR count). The zero-order valence-corrected chi connectivity index (χ0v) is 14.9. The second-order valence-corrected chi connectivity index (χ2v) is 8.66. The first-order valence-electron chi connectivity index (χ1n) is 7.58. The van der Waals surface area contributed by atoms with Crippen molar-refractivity contribution in [3.8, 4) is 0 Å². The van der Waals surface area contributed by atoms with Crippen molar-refractivity contribution in [1.29, 1.82) is 0 Å². The summed E-state index contributed by atoms with van der Waals surface area (Å²) in [7, 11) is -6.61. The lowest BCUT2D eigenvalue weighted by Gasteiger charge is -2.34. The van der Waals surface area contributed by atoms with Crippen LogP contribution in [0.3, 0.4) is 0 Å². The highest BCUT2D eigenvalue weighted by Gasteiger charge is 2.76. The van der Waals surface area contributed by atoms with Gasteiger partial charge in [-0.05, 0) is 19.8 Å². The van der Waals surface area contributed by atoms with Crippen molar-refractivity contribution in [2.45, 2.75) is 56.8 Å². The number of carbonyl (C=O) groups excluding carboxylic acids is 2. The predicted octanol–water partition coefficient (Wildman–Crippen LogP) is 1.81. The van der Waals surface area contributed by atoms with Crippen LogP contribution in [0.15, 0.2) is 0 Å². The lowest BCUT2D eigenvalue weighted by atomic mass is 9.66. The number of halogens is 4. The molecule has 26 heavy (non-hydrogen) atoms. The van der Waals surface area contributed by atoms with Gasteiger partial charge in [-0.3, -0.25) is 4.79 Å². The summed E-state index contributed by atoms with van der Waals surface area (Å²) in [6, 6.07) is 0. The molecule has 0 spiro atoms. The van der Waals surface area contributed by atoms with Crippen LogP contribution in [-0.2, 0) is 29.2 Å². The number of ether oxygens (including phenoxy) is 2. The molecule has 1 saturated carbocycles. The molecule has 0 amide bonds. The van der Waals surface area contributed by atoms with Gasteiger partial charge < -0.3 is 14.0 Å². The molecule has 0 aromatic rings. The summed E-state index contributed by atoms with van der Waals surface area (Å²) in [6.45, 7) is 3.44. The number of esters is 2. The molecule has 1 aliphatic carbocycles. The minimum atomic E-state index is -6.61. The Labute approximate surface area is 146 Å². The van der Waals surface area contributed by atoms with E-state index in [0.29, 0.717) is 0 Å². The van der Waals surface area contributed by atoms with Gasteiger partial charge in [0, 0.05) is 5.41 Å². The Morgan fingerprint density at radius 2 is 1.77 bits per heavy atom. The highest BCUT2D eigenvalue weighted by molar-refractivity contribution is 7.86. The third kappa shape index (κ3) is 2.44. The fourth-order valence-corrected chi connectivity index (χ4v) is 3.89. The average Bonchev–Trinajstić information content (AvgIpc) is 2.76. The topological polar surface area (TPSA) is 110 Å². The molecular weight excluding hydrogens is 388 g/mol. The SMILES string of the molecule is CC12CCC(C(=O)OCCC(F)(F)C(F)(F)S(=O)(=O)[O-])(OC1=O)C2(C)C. The lowest BCUT2D eigenvalue weighted by molar-refractivity contribution is -0.191. The van der Waals surface area contributed by atoms with Crippen LogP contribution in [0, 0.1) is 10.8 Å². The molecule has 2 aliphatic rings. The summed E-state index contributed by atoms with van der Waals surface area (Å²) in [5.41, 5.74) is -3.75. The number of rotatable bonds is 6. The van der Waals surface area contributed by atoms with Crippen LogP contribution in [0.25, 0.3) is 0 Å². The first-order valence-corrected chi connectivity index (χ1v) is 8.99. The van der Waals surface area contributed by atoms with Crippen molar-refractivity contribution < 1.29 is 49.6 Å². The molecule has 2 atom stereocenters. The van der Waals surface area contributed by atoms with Crippen LogP contribution in [-0.4, -0.2) is 48.3 Å². The quantitative estimate of drug-likeness (QED) is 0.377. The van der Waals surface area contributed by atoms with Gasteiger partial charge in [0.25, 0.3) is 0 Å². The maximum Gasteiger partial charge on any atom is 0.396 e. The second-order valence-electron chi connectivity index (χ2n) is 7.23. The van der Waals surface area contributed by atoms with E-state index in [0.717, 1.165) is 0 Å². The highest BCUT2D eigenvalue weighted by atomic mass is 32.2. The number of carbonyl (C=O) groups is 2. The van der Waals surface area contributed by atoms with Crippen molar-refractivity contribution >= 4 is 22.1 Å². The van der Waals surface area contributed by atoms with Crippen LogP contribution < -0.4 is 0 Å². The minimum Gasteiger partial charge on any atom is -0.743 e. The van der Waals surface area contributed by atoms with Crippen molar-refractivity contribution in [3.63, 3.8) is 0 Å². The number of hydrogen-bond donors (Lipinski definition) is 0. The molecule has 1 heterocycles. The monoisotopic (exact) mass is 405 g/mol. The molecular formula is C14H17F4O7S-. The smallest absolute Gasteiger partial charge is 0.396 e. The van der Waals surface area contributed by atoms with Crippen molar-refractivity contribution in [2.75, 3.05) is 6.61 Å². The molecule has 2 fully saturated rings. The van der Waals surface area contributed by atoms with E-state index in [9.17, 15) is 40.1 Å². The zero-order chi connectivity index (χ0) is 20.4. The standard InChI is InChI=1S/C14H18F4O7S/c1-10(2)11(3)4-5-12(10,25-8(11)19)9(20)24-7-6-13(15,16)14(17,18)26(21,22)23/h4-7H2,1-3H3,(H,21,22,23)/p-1. The summed E-state index contributed by atoms with van der Waals surface area (Å²) >= 11 is 0. The number of hydrogen-bond acceptors (Lipinski definition) is 7. The molecule has 12 heteroatoms.